The van der Waals surface area contributed by atoms with E-state index < -0.39 is 0 Å². The van der Waals surface area contributed by atoms with Crippen LogP contribution in [0.25, 0.3) is 0 Å². The lowest BCUT2D eigenvalue weighted by molar-refractivity contribution is 0.0615. The van der Waals surface area contributed by atoms with Crippen LogP contribution in [-0.2, 0) is 13.6 Å². The van der Waals surface area contributed by atoms with Gasteiger partial charge in [0.1, 0.15) is 17.8 Å². The molecule has 2 aromatic heterocycles. The molecule has 0 unspecified atom stereocenters. The van der Waals surface area contributed by atoms with Crippen LogP contribution in [0.4, 0.5) is 0 Å². The lowest BCUT2D eigenvalue weighted by atomic mass is 10.2. The Balaban J connectivity index is 1.62. The van der Waals surface area contributed by atoms with E-state index in [4.69, 9.17) is 11.6 Å². The van der Waals surface area contributed by atoms with Gasteiger partial charge in [-0.2, -0.15) is 10.2 Å². The van der Waals surface area contributed by atoms with E-state index in [0.717, 1.165) is 18.9 Å². The molecule has 0 bridgehead atoms. The van der Waals surface area contributed by atoms with E-state index in [1.807, 2.05) is 4.90 Å². The third kappa shape index (κ3) is 2.84. The van der Waals surface area contributed by atoms with E-state index in [2.05, 4.69) is 25.2 Å². The number of halogens is 1. The fourth-order valence-electron chi connectivity index (χ4n) is 2.64. The van der Waals surface area contributed by atoms with Gasteiger partial charge in [-0.25, -0.2) is 4.98 Å². The van der Waals surface area contributed by atoms with Crippen LogP contribution in [0.1, 0.15) is 22.0 Å². The highest BCUT2D eigenvalue weighted by Gasteiger charge is 2.27. The molecule has 3 heterocycles. The maximum absolute atomic E-state index is 12.6. The molecule has 2 aromatic rings. The Morgan fingerprint density at radius 1 is 1.36 bits per heavy atom. The number of nitrogens with zero attached hydrogens (tertiary/aromatic N) is 6. The van der Waals surface area contributed by atoms with Gasteiger partial charge in [-0.3, -0.25) is 19.5 Å². The summed E-state index contributed by atoms with van der Waals surface area (Å²) in [6.07, 6.45) is 1.50. The van der Waals surface area contributed by atoms with Crippen molar-refractivity contribution in [3.05, 3.63) is 28.6 Å². The second-order valence-electron chi connectivity index (χ2n) is 5.37. The van der Waals surface area contributed by atoms with Gasteiger partial charge in [-0.1, -0.05) is 11.6 Å². The number of amides is 1. The summed E-state index contributed by atoms with van der Waals surface area (Å²) in [5, 5.41) is 11.3. The zero-order chi connectivity index (χ0) is 15.7. The second-order valence-corrected chi connectivity index (χ2v) is 5.75. The Kier molecular flexibility index (Phi) is 4.12. The van der Waals surface area contributed by atoms with Gasteiger partial charge in [0.25, 0.3) is 5.91 Å². The minimum Gasteiger partial charge on any atom is -0.335 e. The molecule has 118 valence electrons. The van der Waals surface area contributed by atoms with Crippen LogP contribution in [0.5, 0.6) is 0 Å². The molecule has 9 heteroatoms. The van der Waals surface area contributed by atoms with Gasteiger partial charge < -0.3 is 4.90 Å². The van der Waals surface area contributed by atoms with Crippen LogP contribution in [-0.4, -0.2) is 66.8 Å². The third-order valence-corrected chi connectivity index (χ3v) is 4.30. The summed E-state index contributed by atoms with van der Waals surface area (Å²) in [6, 6.07) is 0. The first-order chi connectivity index (χ1) is 10.6. The number of hydrogen-bond acceptors (Lipinski definition) is 5. The number of carbonyl (C=O) groups excluding carboxylic acids is 1. The van der Waals surface area contributed by atoms with E-state index in [0.29, 0.717) is 36.0 Å². The van der Waals surface area contributed by atoms with Gasteiger partial charge in [0, 0.05) is 33.2 Å². The summed E-state index contributed by atoms with van der Waals surface area (Å²) in [5.74, 6) is 0.775. The SMILES string of the molecule is Cc1nn(C)c(C(=O)N2CCN(Cc3ncn[nH]3)CC2)c1Cl. The van der Waals surface area contributed by atoms with Crippen LogP contribution in [0.15, 0.2) is 6.33 Å². The van der Waals surface area contributed by atoms with Crippen LogP contribution in [0.2, 0.25) is 5.02 Å². The summed E-state index contributed by atoms with van der Waals surface area (Å²) in [4.78, 5) is 20.8. The largest absolute Gasteiger partial charge is 0.335 e. The molecular weight excluding hydrogens is 306 g/mol. The van der Waals surface area contributed by atoms with Crippen molar-refractivity contribution in [3.8, 4) is 0 Å². The summed E-state index contributed by atoms with van der Waals surface area (Å²) >= 11 is 6.19. The van der Waals surface area contributed by atoms with Gasteiger partial charge in [0.2, 0.25) is 0 Å². The molecule has 1 aliphatic heterocycles. The lowest BCUT2D eigenvalue weighted by Crippen LogP contribution is -2.48. The molecular formula is C13H18ClN7O. The molecule has 0 atom stereocenters. The first-order valence-corrected chi connectivity index (χ1v) is 7.49. The van der Waals surface area contributed by atoms with Crippen molar-refractivity contribution in [2.24, 2.45) is 7.05 Å². The average Bonchev–Trinajstić information content (AvgIpc) is 3.08. The van der Waals surface area contributed by atoms with Crippen molar-refractivity contribution in [1.29, 1.82) is 0 Å². The molecule has 1 amide bonds. The minimum absolute atomic E-state index is 0.0626. The number of rotatable bonds is 3. The van der Waals surface area contributed by atoms with Crippen LogP contribution < -0.4 is 0 Å². The minimum atomic E-state index is -0.0626. The summed E-state index contributed by atoms with van der Waals surface area (Å²) in [7, 11) is 1.74. The molecule has 1 saturated heterocycles. The van der Waals surface area contributed by atoms with Crippen molar-refractivity contribution in [2.45, 2.75) is 13.5 Å². The molecule has 0 spiro atoms. The standard InChI is InChI=1S/C13H18ClN7O/c1-9-11(14)12(19(2)18-9)13(22)21-5-3-20(4-6-21)7-10-15-8-16-17-10/h8H,3-7H2,1-2H3,(H,15,16,17). The van der Waals surface area contributed by atoms with E-state index in [1.165, 1.54) is 6.33 Å². The molecule has 1 fully saturated rings. The monoisotopic (exact) mass is 323 g/mol. The maximum atomic E-state index is 12.6. The highest BCUT2D eigenvalue weighted by molar-refractivity contribution is 6.34. The van der Waals surface area contributed by atoms with Gasteiger partial charge in [-0.05, 0) is 6.92 Å². The predicted molar refractivity (Wildman–Crippen MR) is 80.5 cm³/mol. The third-order valence-electron chi connectivity index (χ3n) is 3.85. The van der Waals surface area contributed by atoms with Gasteiger partial charge in [-0.15, -0.1) is 0 Å². The van der Waals surface area contributed by atoms with Gasteiger partial charge in [0.05, 0.1) is 17.3 Å². The first kappa shape index (κ1) is 15.0. The van der Waals surface area contributed by atoms with Crippen LogP contribution in [0, 0.1) is 6.92 Å². The fraction of sp³-hybridized carbons (Fsp3) is 0.538. The normalized spacial score (nSPS) is 16.2. The zero-order valence-electron chi connectivity index (χ0n) is 12.6. The van der Waals surface area contributed by atoms with Crippen LogP contribution in [0.3, 0.4) is 0 Å². The predicted octanol–water partition coefficient (Wildman–Crippen LogP) is 0.458. The molecule has 22 heavy (non-hydrogen) atoms. The maximum Gasteiger partial charge on any atom is 0.273 e. The molecule has 8 nitrogen and oxygen atoms in total. The molecule has 1 aliphatic rings. The number of aryl methyl sites for hydroxylation is 2. The Morgan fingerprint density at radius 2 is 2.09 bits per heavy atom. The van der Waals surface area contributed by atoms with Gasteiger partial charge in [0.15, 0.2) is 0 Å². The topological polar surface area (TPSA) is 82.9 Å². The lowest BCUT2D eigenvalue weighted by Gasteiger charge is -2.34. The fourth-order valence-corrected chi connectivity index (χ4v) is 2.88. The van der Waals surface area contributed by atoms with Crippen molar-refractivity contribution in [3.63, 3.8) is 0 Å². The van der Waals surface area contributed by atoms with Crippen molar-refractivity contribution >= 4 is 17.5 Å². The number of hydrogen-bond donors (Lipinski definition) is 1. The van der Waals surface area contributed by atoms with Crippen molar-refractivity contribution in [1.82, 2.24) is 34.8 Å². The number of piperazine rings is 1. The van der Waals surface area contributed by atoms with Crippen LogP contribution >= 0.6 is 11.6 Å². The van der Waals surface area contributed by atoms with Crippen molar-refractivity contribution in [2.75, 3.05) is 26.2 Å². The van der Waals surface area contributed by atoms with E-state index in [9.17, 15) is 4.79 Å². The molecule has 0 radical (unpaired) electrons. The molecule has 0 aliphatic carbocycles. The quantitative estimate of drug-likeness (QED) is 0.887. The number of H-pyrrole nitrogens is 1. The Hall–Kier alpha value is -1.93. The molecule has 1 N–H and O–H groups in total. The molecule has 0 aromatic carbocycles. The highest BCUT2D eigenvalue weighted by atomic mass is 35.5. The van der Waals surface area contributed by atoms with Gasteiger partial charge >= 0.3 is 0 Å². The Labute approximate surface area is 133 Å². The zero-order valence-corrected chi connectivity index (χ0v) is 13.3. The number of nitrogens with one attached hydrogen (secondary N) is 1. The summed E-state index contributed by atoms with van der Waals surface area (Å²) in [6.45, 7) is 5.42. The Bertz CT molecular complexity index is 658. The summed E-state index contributed by atoms with van der Waals surface area (Å²) in [5.41, 5.74) is 1.14. The molecule has 3 rings (SSSR count). The van der Waals surface area contributed by atoms with E-state index in [1.54, 1.807) is 18.7 Å². The summed E-state index contributed by atoms with van der Waals surface area (Å²) < 4.78 is 1.56. The number of carbonyl (C=O) groups is 1. The van der Waals surface area contributed by atoms with E-state index in [-0.39, 0.29) is 5.91 Å². The Morgan fingerprint density at radius 3 is 2.64 bits per heavy atom. The second kappa shape index (κ2) is 6.05. The smallest absolute Gasteiger partial charge is 0.273 e. The average molecular weight is 324 g/mol. The van der Waals surface area contributed by atoms with E-state index >= 15 is 0 Å². The number of aromatic nitrogens is 5. The first-order valence-electron chi connectivity index (χ1n) is 7.11. The van der Waals surface area contributed by atoms with Crippen molar-refractivity contribution < 1.29 is 4.79 Å². The highest BCUT2D eigenvalue weighted by Crippen LogP contribution is 2.21. The molecule has 0 saturated carbocycles. The number of aromatic amines is 1.